The molecule has 0 aromatic carbocycles. The van der Waals surface area contributed by atoms with E-state index in [0.29, 0.717) is 12.7 Å². The van der Waals surface area contributed by atoms with E-state index in [0.717, 1.165) is 6.61 Å². The van der Waals surface area contributed by atoms with Crippen LogP contribution in [0.2, 0.25) is 0 Å². The van der Waals surface area contributed by atoms with Crippen molar-refractivity contribution in [3.63, 3.8) is 0 Å². The van der Waals surface area contributed by atoms with Crippen molar-refractivity contribution in [3.8, 4) is 0 Å². The molecule has 0 fully saturated rings. The Hall–Kier alpha value is -0.570. The molecule has 0 bridgehead atoms. The van der Waals surface area contributed by atoms with Crippen LogP contribution in [0.3, 0.4) is 0 Å². The van der Waals surface area contributed by atoms with Crippen molar-refractivity contribution in [1.82, 2.24) is 0 Å². The summed E-state index contributed by atoms with van der Waals surface area (Å²) in [5, 5.41) is 0. The number of hydrogen-bond acceptors (Lipinski definition) is 3. The second kappa shape index (κ2) is 10.4. The van der Waals surface area contributed by atoms with E-state index in [1.165, 1.54) is 6.92 Å². The fourth-order valence-corrected chi connectivity index (χ4v) is 0.537. The zero-order valence-electron chi connectivity index (χ0n) is 8.72. The molecule has 0 saturated heterocycles. The van der Waals surface area contributed by atoms with Gasteiger partial charge in [0.25, 0.3) is 0 Å². The first kappa shape index (κ1) is 14.0. The second-order valence-electron chi connectivity index (χ2n) is 2.43. The fourth-order valence-electron chi connectivity index (χ4n) is 0.537. The minimum Gasteiger partial charge on any atom is -0.466 e. The lowest BCUT2D eigenvalue weighted by Crippen LogP contribution is -1.99. The van der Waals surface area contributed by atoms with Crippen LogP contribution in [0.5, 0.6) is 0 Å². The molecule has 0 aliphatic rings. The van der Waals surface area contributed by atoms with Gasteiger partial charge in [-0.1, -0.05) is 0 Å². The van der Waals surface area contributed by atoms with Crippen molar-refractivity contribution in [2.45, 2.75) is 40.7 Å². The minimum atomic E-state index is -0.211. The standard InChI is InChI=1S/C5H12O.C4H8O2/c1-4-6-5(2)3;1-3-6-4(2)5/h5H,4H2,1-3H3;3H2,1-2H3. The smallest absolute Gasteiger partial charge is 0.302 e. The molecule has 0 spiro atoms. The lowest BCUT2D eigenvalue weighted by molar-refractivity contribution is -0.140. The third-order valence-electron chi connectivity index (χ3n) is 0.848. The Morgan fingerprint density at radius 2 is 1.75 bits per heavy atom. The summed E-state index contributed by atoms with van der Waals surface area (Å²) in [6.45, 7) is 10.5. The van der Waals surface area contributed by atoms with Crippen LogP contribution in [-0.2, 0) is 14.3 Å². The predicted octanol–water partition coefficient (Wildman–Crippen LogP) is 2.00. The van der Waals surface area contributed by atoms with E-state index in [1.807, 2.05) is 20.8 Å². The van der Waals surface area contributed by atoms with Gasteiger partial charge in [0.05, 0.1) is 12.7 Å². The van der Waals surface area contributed by atoms with E-state index in [1.54, 1.807) is 6.92 Å². The van der Waals surface area contributed by atoms with E-state index >= 15 is 0 Å². The highest BCUT2D eigenvalue weighted by atomic mass is 16.5. The second-order valence-corrected chi connectivity index (χ2v) is 2.43. The van der Waals surface area contributed by atoms with Gasteiger partial charge in [-0.05, 0) is 27.7 Å². The highest BCUT2D eigenvalue weighted by molar-refractivity contribution is 5.65. The van der Waals surface area contributed by atoms with Crippen molar-refractivity contribution in [2.75, 3.05) is 13.2 Å². The van der Waals surface area contributed by atoms with Gasteiger partial charge < -0.3 is 9.47 Å². The van der Waals surface area contributed by atoms with Gasteiger partial charge in [-0.3, -0.25) is 4.79 Å². The van der Waals surface area contributed by atoms with Crippen LogP contribution in [0, 0.1) is 0 Å². The number of rotatable bonds is 3. The third-order valence-corrected chi connectivity index (χ3v) is 0.848. The van der Waals surface area contributed by atoms with E-state index in [2.05, 4.69) is 4.74 Å². The van der Waals surface area contributed by atoms with Gasteiger partial charge in [0.2, 0.25) is 0 Å². The quantitative estimate of drug-likeness (QED) is 0.617. The Labute approximate surface area is 75.1 Å². The summed E-state index contributed by atoms with van der Waals surface area (Å²) in [5.74, 6) is -0.211. The van der Waals surface area contributed by atoms with Crippen LogP contribution in [0.15, 0.2) is 0 Å². The first-order valence-electron chi connectivity index (χ1n) is 4.29. The highest BCUT2D eigenvalue weighted by Crippen LogP contribution is 1.83. The molecule has 0 N–H and O–H groups in total. The molecule has 0 rings (SSSR count). The van der Waals surface area contributed by atoms with Gasteiger partial charge in [-0.15, -0.1) is 0 Å². The number of hydrogen-bond donors (Lipinski definition) is 0. The predicted molar refractivity (Wildman–Crippen MR) is 49.1 cm³/mol. The third kappa shape index (κ3) is 22.7. The number of carbonyl (C=O) groups is 1. The SMILES string of the molecule is CCOC(C)=O.CCOC(C)C. The molecule has 12 heavy (non-hydrogen) atoms. The van der Waals surface area contributed by atoms with Crippen LogP contribution < -0.4 is 0 Å². The topological polar surface area (TPSA) is 35.5 Å². The molecule has 0 saturated carbocycles. The zero-order chi connectivity index (χ0) is 9.98. The lowest BCUT2D eigenvalue weighted by Gasteiger charge is -2.00. The van der Waals surface area contributed by atoms with Crippen molar-refractivity contribution in [2.24, 2.45) is 0 Å². The summed E-state index contributed by atoms with van der Waals surface area (Å²) in [4.78, 5) is 9.82. The molecule has 0 heterocycles. The molecular weight excluding hydrogens is 156 g/mol. The van der Waals surface area contributed by atoms with E-state index in [4.69, 9.17) is 4.74 Å². The molecule has 0 aliphatic heterocycles. The Morgan fingerprint density at radius 1 is 1.25 bits per heavy atom. The maximum atomic E-state index is 9.82. The first-order chi connectivity index (χ1) is 5.54. The average molecular weight is 176 g/mol. The van der Waals surface area contributed by atoms with Gasteiger partial charge in [-0.2, -0.15) is 0 Å². The van der Waals surface area contributed by atoms with E-state index in [9.17, 15) is 4.79 Å². The molecular formula is C9H20O3. The highest BCUT2D eigenvalue weighted by Gasteiger charge is 1.83. The molecule has 0 aliphatic carbocycles. The Balaban J connectivity index is 0. The maximum Gasteiger partial charge on any atom is 0.302 e. The van der Waals surface area contributed by atoms with Gasteiger partial charge >= 0.3 is 5.97 Å². The summed E-state index contributed by atoms with van der Waals surface area (Å²) in [6.07, 6.45) is 0.398. The van der Waals surface area contributed by atoms with Gasteiger partial charge in [0.1, 0.15) is 0 Å². The van der Waals surface area contributed by atoms with Crippen molar-refractivity contribution in [1.29, 1.82) is 0 Å². The van der Waals surface area contributed by atoms with Crippen molar-refractivity contribution >= 4 is 5.97 Å². The average Bonchev–Trinajstić information content (AvgIpc) is 1.87. The normalized spacial score (nSPS) is 8.83. The van der Waals surface area contributed by atoms with Crippen molar-refractivity contribution < 1.29 is 14.3 Å². The summed E-state index contributed by atoms with van der Waals surface area (Å²) in [6, 6.07) is 0. The molecule has 0 aromatic heterocycles. The molecule has 0 aromatic rings. The van der Waals surface area contributed by atoms with Gasteiger partial charge in [-0.25, -0.2) is 0 Å². The van der Waals surface area contributed by atoms with Crippen LogP contribution in [0.4, 0.5) is 0 Å². The molecule has 3 heteroatoms. The summed E-state index contributed by atoms with van der Waals surface area (Å²) in [5.41, 5.74) is 0. The summed E-state index contributed by atoms with van der Waals surface area (Å²) in [7, 11) is 0. The Morgan fingerprint density at radius 3 is 1.75 bits per heavy atom. The van der Waals surface area contributed by atoms with Crippen LogP contribution in [-0.4, -0.2) is 25.3 Å². The molecule has 74 valence electrons. The van der Waals surface area contributed by atoms with E-state index in [-0.39, 0.29) is 5.97 Å². The van der Waals surface area contributed by atoms with Crippen LogP contribution >= 0.6 is 0 Å². The molecule has 0 unspecified atom stereocenters. The van der Waals surface area contributed by atoms with E-state index < -0.39 is 0 Å². The lowest BCUT2D eigenvalue weighted by atomic mass is 10.5. The van der Waals surface area contributed by atoms with Gasteiger partial charge in [0, 0.05) is 13.5 Å². The molecule has 0 amide bonds. The molecule has 0 radical (unpaired) electrons. The fraction of sp³-hybridized carbons (Fsp3) is 0.889. The first-order valence-corrected chi connectivity index (χ1v) is 4.29. The number of ether oxygens (including phenoxy) is 2. The number of esters is 1. The van der Waals surface area contributed by atoms with Crippen LogP contribution in [0.1, 0.15) is 34.6 Å². The summed E-state index contributed by atoms with van der Waals surface area (Å²) >= 11 is 0. The van der Waals surface area contributed by atoms with Crippen LogP contribution in [0.25, 0.3) is 0 Å². The zero-order valence-corrected chi connectivity index (χ0v) is 8.72. The van der Waals surface area contributed by atoms with Gasteiger partial charge in [0.15, 0.2) is 0 Å². The minimum absolute atomic E-state index is 0.211. The number of carbonyl (C=O) groups excluding carboxylic acids is 1. The largest absolute Gasteiger partial charge is 0.466 e. The Kier molecular flexibility index (Phi) is 12.2. The monoisotopic (exact) mass is 176 g/mol. The summed E-state index contributed by atoms with van der Waals surface area (Å²) < 4.78 is 9.44. The maximum absolute atomic E-state index is 9.82. The molecule has 3 nitrogen and oxygen atoms in total. The Bertz CT molecular complexity index is 99.9. The van der Waals surface area contributed by atoms with Crippen molar-refractivity contribution in [3.05, 3.63) is 0 Å². The molecule has 0 atom stereocenters.